The number of methoxy groups -OCH3 is 1. The summed E-state index contributed by atoms with van der Waals surface area (Å²) in [4.78, 5) is 0. The van der Waals surface area contributed by atoms with Gasteiger partial charge in [0.1, 0.15) is 11.6 Å². The molecule has 0 amide bonds. The molecule has 0 bridgehead atoms. The molecule has 0 radical (unpaired) electrons. The van der Waals surface area contributed by atoms with Crippen LogP contribution in [0.2, 0.25) is 10.0 Å². The van der Waals surface area contributed by atoms with E-state index in [0.717, 1.165) is 0 Å². The van der Waals surface area contributed by atoms with Crippen molar-refractivity contribution in [3.8, 4) is 5.75 Å². The van der Waals surface area contributed by atoms with Crippen molar-refractivity contribution in [1.82, 2.24) is 0 Å². The third-order valence-electron chi connectivity index (χ3n) is 2.98. The summed E-state index contributed by atoms with van der Waals surface area (Å²) >= 11 is 11.8. The van der Waals surface area contributed by atoms with Gasteiger partial charge in [0, 0.05) is 11.4 Å². The summed E-state index contributed by atoms with van der Waals surface area (Å²) in [6, 6.07) is 9.22. The molecule has 20 heavy (non-hydrogen) atoms. The second-order valence-corrected chi connectivity index (χ2v) is 5.19. The van der Waals surface area contributed by atoms with Gasteiger partial charge >= 0.3 is 0 Å². The third kappa shape index (κ3) is 3.42. The third-order valence-corrected chi connectivity index (χ3v) is 3.51. The van der Waals surface area contributed by atoms with Crippen LogP contribution in [0.25, 0.3) is 0 Å². The Bertz CT molecular complexity index is 617. The van der Waals surface area contributed by atoms with Gasteiger partial charge in [0.25, 0.3) is 0 Å². The molecule has 5 heteroatoms. The fourth-order valence-corrected chi connectivity index (χ4v) is 2.38. The molecule has 2 rings (SSSR count). The molecule has 2 aromatic rings. The van der Waals surface area contributed by atoms with Crippen molar-refractivity contribution in [2.75, 3.05) is 7.11 Å². The van der Waals surface area contributed by atoms with E-state index in [1.807, 2.05) is 0 Å². The fraction of sp³-hybridized carbons (Fsp3) is 0.200. The molecule has 0 aromatic heterocycles. The summed E-state index contributed by atoms with van der Waals surface area (Å²) in [5, 5.41) is 11.0. The lowest BCUT2D eigenvalue weighted by molar-refractivity contribution is 0.177. The molecule has 0 heterocycles. The molecule has 0 saturated carbocycles. The van der Waals surface area contributed by atoms with Crippen LogP contribution in [0.15, 0.2) is 36.4 Å². The monoisotopic (exact) mass is 314 g/mol. The summed E-state index contributed by atoms with van der Waals surface area (Å²) in [7, 11) is 1.51. The maximum atomic E-state index is 13.6. The maximum absolute atomic E-state index is 13.6. The van der Waals surface area contributed by atoms with Crippen molar-refractivity contribution < 1.29 is 14.2 Å². The Balaban J connectivity index is 2.21. The van der Waals surface area contributed by atoms with Crippen LogP contribution in [-0.4, -0.2) is 12.2 Å². The number of aliphatic hydroxyl groups excluding tert-OH is 1. The van der Waals surface area contributed by atoms with E-state index in [1.54, 1.807) is 18.2 Å². The zero-order valence-corrected chi connectivity index (χ0v) is 12.2. The molecule has 1 N–H and O–H groups in total. The van der Waals surface area contributed by atoms with Crippen molar-refractivity contribution >= 4 is 23.2 Å². The van der Waals surface area contributed by atoms with Crippen molar-refractivity contribution in [2.45, 2.75) is 12.5 Å². The minimum absolute atomic E-state index is 0.120. The van der Waals surface area contributed by atoms with Crippen molar-refractivity contribution in [1.29, 1.82) is 0 Å². The van der Waals surface area contributed by atoms with E-state index in [4.69, 9.17) is 27.9 Å². The Labute approximate surface area is 126 Å². The van der Waals surface area contributed by atoms with Crippen LogP contribution in [0.1, 0.15) is 17.2 Å². The normalized spacial score (nSPS) is 12.2. The van der Waals surface area contributed by atoms with Crippen molar-refractivity contribution in [3.05, 3.63) is 63.4 Å². The van der Waals surface area contributed by atoms with Gasteiger partial charge < -0.3 is 9.84 Å². The zero-order chi connectivity index (χ0) is 14.7. The predicted molar refractivity (Wildman–Crippen MR) is 78.1 cm³/mol. The molecule has 1 unspecified atom stereocenters. The average molecular weight is 315 g/mol. The van der Waals surface area contributed by atoms with Crippen LogP contribution in [0.4, 0.5) is 4.39 Å². The summed E-state index contributed by atoms with van der Waals surface area (Å²) in [6.07, 6.45) is -0.749. The number of rotatable bonds is 4. The number of ether oxygens (including phenoxy) is 1. The van der Waals surface area contributed by atoms with Gasteiger partial charge in [0.15, 0.2) is 0 Å². The number of aliphatic hydroxyl groups is 1. The Kier molecular flexibility index (Phi) is 4.86. The largest absolute Gasteiger partial charge is 0.495 e. The lowest BCUT2D eigenvalue weighted by atomic mass is 10.0. The van der Waals surface area contributed by atoms with Crippen LogP contribution >= 0.6 is 23.2 Å². The van der Waals surface area contributed by atoms with E-state index in [-0.39, 0.29) is 6.42 Å². The number of hydrogen-bond donors (Lipinski definition) is 1. The average Bonchev–Trinajstić information content (AvgIpc) is 2.42. The van der Waals surface area contributed by atoms with Crippen LogP contribution in [0.3, 0.4) is 0 Å². The van der Waals surface area contributed by atoms with Crippen molar-refractivity contribution in [2.24, 2.45) is 0 Å². The second kappa shape index (κ2) is 6.44. The maximum Gasteiger partial charge on any atom is 0.137 e. The van der Waals surface area contributed by atoms with E-state index in [1.165, 1.54) is 25.3 Å². The van der Waals surface area contributed by atoms with Crippen LogP contribution in [0, 0.1) is 5.82 Å². The highest BCUT2D eigenvalue weighted by atomic mass is 35.5. The fourth-order valence-electron chi connectivity index (χ4n) is 1.92. The van der Waals surface area contributed by atoms with Crippen LogP contribution in [-0.2, 0) is 6.42 Å². The smallest absolute Gasteiger partial charge is 0.137 e. The highest BCUT2D eigenvalue weighted by Crippen LogP contribution is 2.29. The second-order valence-electron chi connectivity index (χ2n) is 4.35. The summed E-state index contributed by atoms with van der Waals surface area (Å²) in [5.74, 6) is 0.129. The number of benzene rings is 2. The van der Waals surface area contributed by atoms with Gasteiger partial charge in [0.2, 0.25) is 0 Å². The number of halogens is 3. The Morgan fingerprint density at radius 1 is 1.20 bits per heavy atom. The molecule has 0 saturated heterocycles. The summed E-state index contributed by atoms with van der Waals surface area (Å²) < 4.78 is 18.7. The predicted octanol–water partition coefficient (Wildman–Crippen LogP) is 4.42. The quantitative estimate of drug-likeness (QED) is 0.905. The first-order chi connectivity index (χ1) is 9.51. The minimum Gasteiger partial charge on any atom is -0.495 e. The van der Waals surface area contributed by atoms with E-state index in [0.29, 0.717) is 26.9 Å². The van der Waals surface area contributed by atoms with E-state index >= 15 is 0 Å². The summed E-state index contributed by atoms with van der Waals surface area (Å²) in [6.45, 7) is 0. The highest BCUT2D eigenvalue weighted by molar-refractivity contribution is 6.32. The van der Waals surface area contributed by atoms with E-state index in [9.17, 15) is 9.50 Å². The van der Waals surface area contributed by atoms with E-state index < -0.39 is 11.9 Å². The minimum atomic E-state index is -0.869. The van der Waals surface area contributed by atoms with Gasteiger partial charge in [-0.3, -0.25) is 0 Å². The first-order valence-electron chi connectivity index (χ1n) is 5.96. The van der Waals surface area contributed by atoms with Gasteiger partial charge in [-0.15, -0.1) is 0 Å². The van der Waals surface area contributed by atoms with Gasteiger partial charge in [-0.1, -0.05) is 29.3 Å². The van der Waals surface area contributed by atoms with Gasteiger partial charge in [0.05, 0.1) is 18.2 Å². The van der Waals surface area contributed by atoms with Gasteiger partial charge in [-0.05, 0) is 41.5 Å². The Morgan fingerprint density at radius 2 is 1.95 bits per heavy atom. The molecule has 0 aliphatic rings. The Hall–Kier alpha value is -1.29. The standard InChI is InChI=1S/C15H13Cl2FO2/c1-20-15-5-2-9(7-12(15)17)14(19)8-10-6-11(16)3-4-13(10)18/h2-7,14,19H,8H2,1H3. The van der Waals surface area contributed by atoms with Gasteiger partial charge in [-0.25, -0.2) is 4.39 Å². The summed E-state index contributed by atoms with van der Waals surface area (Å²) in [5.41, 5.74) is 0.951. The topological polar surface area (TPSA) is 29.5 Å². The molecule has 106 valence electrons. The van der Waals surface area contributed by atoms with Crippen LogP contribution < -0.4 is 4.74 Å². The highest BCUT2D eigenvalue weighted by Gasteiger charge is 2.14. The zero-order valence-electron chi connectivity index (χ0n) is 10.7. The van der Waals surface area contributed by atoms with E-state index in [2.05, 4.69) is 0 Å². The molecule has 0 aliphatic carbocycles. The molecular formula is C15H13Cl2FO2. The molecule has 1 atom stereocenters. The molecule has 0 spiro atoms. The molecular weight excluding hydrogens is 302 g/mol. The first-order valence-corrected chi connectivity index (χ1v) is 6.72. The van der Waals surface area contributed by atoms with Crippen molar-refractivity contribution in [3.63, 3.8) is 0 Å². The Morgan fingerprint density at radius 3 is 2.60 bits per heavy atom. The lowest BCUT2D eigenvalue weighted by Crippen LogP contribution is -2.04. The van der Waals surface area contributed by atoms with Crippen LogP contribution in [0.5, 0.6) is 5.75 Å². The lowest BCUT2D eigenvalue weighted by Gasteiger charge is -2.13. The molecule has 2 nitrogen and oxygen atoms in total. The number of hydrogen-bond acceptors (Lipinski definition) is 2. The first kappa shape index (κ1) is 15.1. The molecule has 0 fully saturated rings. The molecule has 2 aromatic carbocycles. The van der Waals surface area contributed by atoms with Gasteiger partial charge in [-0.2, -0.15) is 0 Å². The molecule has 0 aliphatic heterocycles. The SMILES string of the molecule is COc1ccc(C(O)Cc2cc(Cl)ccc2F)cc1Cl.